The highest BCUT2D eigenvalue weighted by molar-refractivity contribution is 5.91. The molecule has 1 fully saturated rings. The quantitative estimate of drug-likeness (QED) is 0.535. The van der Waals surface area contributed by atoms with Crippen LogP contribution in [0.3, 0.4) is 0 Å². The van der Waals surface area contributed by atoms with Crippen molar-refractivity contribution in [2.24, 2.45) is 4.99 Å². The first-order valence-electron chi connectivity index (χ1n) is 10.3. The molecule has 8 nitrogen and oxygen atoms in total. The topological polar surface area (TPSA) is 90.2 Å². The summed E-state index contributed by atoms with van der Waals surface area (Å²) < 4.78 is 5.21. The maximum atomic E-state index is 12.4. The zero-order chi connectivity index (χ0) is 21.2. The lowest BCUT2D eigenvalue weighted by Crippen LogP contribution is -2.53. The number of aliphatic imine (C=N–C) groups is 1. The molecule has 2 amide bonds. The van der Waals surface area contributed by atoms with E-state index in [0.29, 0.717) is 51.4 Å². The van der Waals surface area contributed by atoms with Gasteiger partial charge in [0.2, 0.25) is 5.91 Å². The number of hydrogen-bond acceptors (Lipinski definition) is 4. The Hall–Kier alpha value is -3.29. The van der Waals surface area contributed by atoms with E-state index in [9.17, 15) is 9.59 Å². The Morgan fingerprint density at radius 2 is 1.73 bits per heavy atom. The zero-order valence-electron chi connectivity index (χ0n) is 17.3. The Balaban J connectivity index is 1.45. The van der Waals surface area contributed by atoms with Gasteiger partial charge in [-0.2, -0.15) is 0 Å². The molecule has 0 unspecified atom stereocenters. The van der Waals surface area contributed by atoms with Crippen LogP contribution in [0, 0.1) is 0 Å². The van der Waals surface area contributed by atoms with Gasteiger partial charge in [-0.1, -0.05) is 30.3 Å². The van der Waals surface area contributed by atoms with Crippen molar-refractivity contribution in [3.8, 4) is 0 Å². The fourth-order valence-electron chi connectivity index (χ4n) is 3.25. The van der Waals surface area contributed by atoms with Crippen LogP contribution >= 0.6 is 0 Å². The number of carbonyl (C=O) groups excluding carboxylic acids is 2. The second-order valence-corrected chi connectivity index (χ2v) is 7.00. The molecule has 1 aromatic carbocycles. The van der Waals surface area contributed by atoms with Gasteiger partial charge in [-0.05, 0) is 24.6 Å². The van der Waals surface area contributed by atoms with E-state index < -0.39 is 0 Å². The molecule has 1 aliphatic heterocycles. The van der Waals surface area contributed by atoms with E-state index >= 15 is 0 Å². The Kier molecular flexibility index (Phi) is 7.88. The maximum absolute atomic E-state index is 12.4. The number of nitrogens with zero attached hydrogens (tertiary/aromatic N) is 3. The van der Waals surface area contributed by atoms with Gasteiger partial charge in [-0.25, -0.2) is 0 Å². The number of carbonyl (C=O) groups is 2. The van der Waals surface area contributed by atoms with Crippen LogP contribution in [-0.2, 0) is 11.3 Å². The highest BCUT2D eigenvalue weighted by atomic mass is 16.3. The molecule has 2 heterocycles. The van der Waals surface area contributed by atoms with Crippen LogP contribution in [0.15, 0.2) is 58.1 Å². The minimum atomic E-state index is -0.0864. The fourth-order valence-corrected chi connectivity index (χ4v) is 3.25. The number of piperazine rings is 1. The van der Waals surface area contributed by atoms with Crippen molar-refractivity contribution >= 4 is 17.8 Å². The molecule has 30 heavy (non-hydrogen) atoms. The molecule has 0 aliphatic carbocycles. The molecule has 2 aromatic rings. The summed E-state index contributed by atoms with van der Waals surface area (Å²) in [6.45, 7) is 6.24. The van der Waals surface area contributed by atoms with Gasteiger partial charge in [0.05, 0.1) is 12.8 Å². The molecule has 0 saturated carbocycles. The number of hydrogen-bond donors (Lipinski definition) is 2. The molecule has 2 N–H and O–H groups in total. The number of benzene rings is 1. The van der Waals surface area contributed by atoms with Crippen LogP contribution in [0.25, 0.3) is 0 Å². The van der Waals surface area contributed by atoms with Crippen LogP contribution in [0.1, 0.15) is 29.5 Å². The molecule has 8 heteroatoms. The van der Waals surface area contributed by atoms with Gasteiger partial charge in [0.15, 0.2) is 11.7 Å². The average Bonchev–Trinajstić information content (AvgIpc) is 3.32. The van der Waals surface area contributed by atoms with Crippen molar-refractivity contribution in [2.75, 3.05) is 39.3 Å². The summed E-state index contributed by atoms with van der Waals surface area (Å²) in [6.07, 6.45) is 1.84. The molecule has 160 valence electrons. The molecule has 1 aromatic heterocycles. The van der Waals surface area contributed by atoms with Gasteiger partial charge in [0.1, 0.15) is 0 Å². The summed E-state index contributed by atoms with van der Waals surface area (Å²) in [5.74, 6) is 1.04. The lowest BCUT2D eigenvalue weighted by Gasteiger charge is -2.36. The number of furan rings is 1. The Bertz CT molecular complexity index is 828. The second-order valence-electron chi connectivity index (χ2n) is 7.00. The molecule has 1 saturated heterocycles. The average molecular weight is 412 g/mol. The molecule has 1 aliphatic rings. The van der Waals surface area contributed by atoms with Gasteiger partial charge in [-0.15, -0.1) is 0 Å². The summed E-state index contributed by atoms with van der Waals surface area (Å²) in [6, 6.07) is 13.2. The summed E-state index contributed by atoms with van der Waals surface area (Å²) in [5.41, 5.74) is 1.07. The summed E-state index contributed by atoms with van der Waals surface area (Å²) in [5, 5.41) is 6.20. The van der Waals surface area contributed by atoms with Gasteiger partial charge >= 0.3 is 0 Å². The minimum Gasteiger partial charge on any atom is -0.459 e. The van der Waals surface area contributed by atoms with E-state index in [2.05, 4.69) is 20.5 Å². The number of guanidine groups is 1. The molecule has 0 radical (unpaired) electrons. The monoisotopic (exact) mass is 411 g/mol. The summed E-state index contributed by atoms with van der Waals surface area (Å²) in [7, 11) is 0. The van der Waals surface area contributed by atoms with E-state index in [1.165, 1.54) is 6.26 Å². The Morgan fingerprint density at radius 3 is 2.40 bits per heavy atom. The van der Waals surface area contributed by atoms with Crippen molar-refractivity contribution in [1.29, 1.82) is 0 Å². The van der Waals surface area contributed by atoms with Crippen molar-refractivity contribution in [2.45, 2.75) is 19.9 Å². The first kappa shape index (κ1) is 21.4. The Morgan fingerprint density at radius 1 is 1.00 bits per heavy atom. The summed E-state index contributed by atoms with van der Waals surface area (Å²) in [4.78, 5) is 33.0. The third-order valence-electron chi connectivity index (χ3n) is 4.87. The van der Waals surface area contributed by atoms with Crippen LogP contribution in [0.4, 0.5) is 0 Å². The third kappa shape index (κ3) is 6.10. The first-order chi connectivity index (χ1) is 14.7. The number of rotatable bonds is 7. The Labute approximate surface area is 176 Å². The van der Waals surface area contributed by atoms with Crippen molar-refractivity contribution in [3.05, 3.63) is 60.1 Å². The fraction of sp³-hybridized carbons (Fsp3) is 0.409. The van der Waals surface area contributed by atoms with Crippen molar-refractivity contribution < 1.29 is 14.0 Å². The van der Waals surface area contributed by atoms with Crippen LogP contribution in [-0.4, -0.2) is 66.8 Å². The number of amides is 2. The zero-order valence-corrected chi connectivity index (χ0v) is 17.3. The predicted octanol–water partition coefficient (Wildman–Crippen LogP) is 1.71. The van der Waals surface area contributed by atoms with Gasteiger partial charge in [0.25, 0.3) is 5.91 Å². The molecule has 0 bridgehead atoms. The number of nitrogens with one attached hydrogen (secondary N) is 2. The van der Waals surface area contributed by atoms with Crippen LogP contribution in [0.2, 0.25) is 0 Å². The van der Waals surface area contributed by atoms with E-state index in [-0.39, 0.29) is 11.8 Å². The predicted molar refractivity (Wildman–Crippen MR) is 115 cm³/mol. The van der Waals surface area contributed by atoms with Gasteiger partial charge < -0.3 is 24.9 Å². The smallest absolute Gasteiger partial charge is 0.289 e. The van der Waals surface area contributed by atoms with Gasteiger partial charge in [-0.3, -0.25) is 14.6 Å². The molecule has 3 rings (SSSR count). The first-order valence-corrected chi connectivity index (χ1v) is 10.3. The second kappa shape index (κ2) is 11.0. The van der Waals surface area contributed by atoms with E-state index in [1.54, 1.807) is 17.0 Å². The lowest BCUT2D eigenvalue weighted by atomic mass is 10.2. The van der Waals surface area contributed by atoms with Crippen molar-refractivity contribution in [3.63, 3.8) is 0 Å². The lowest BCUT2D eigenvalue weighted by molar-refractivity contribution is -0.121. The van der Waals surface area contributed by atoms with Crippen LogP contribution < -0.4 is 10.6 Å². The third-order valence-corrected chi connectivity index (χ3v) is 4.87. The highest BCUT2D eigenvalue weighted by Crippen LogP contribution is 2.09. The highest BCUT2D eigenvalue weighted by Gasteiger charge is 2.25. The molecule has 0 spiro atoms. The molecular formula is C22H29N5O3. The van der Waals surface area contributed by atoms with Crippen molar-refractivity contribution in [1.82, 2.24) is 20.4 Å². The van der Waals surface area contributed by atoms with Crippen LogP contribution in [0.5, 0.6) is 0 Å². The normalized spacial score (nSPS) is 14.5. The standard InChI is InChI=1S/C22H29N5O3/c1-2-23-22(24-11-10-20(28)25-17-18-7-4-3-5-8-18)27-14-12-26(13-15-27)21(29)19-9-6-16-30-19/h3-9,16H,2,10-15,17H2,1H3,(H,23,24)(H,25,28). The molecule has 0 atom stereocenters. The molecular weight excluding hydrogens is 382 g/mol. The largest absolute Gasteiger partial charge is 0.459 e. The minimum absolute atomic E-state index is 0.0210. The van der Waals surface area contributed by atoms with E-state index in [0.717, 1.165) is 18.1 Å². The summed E-state index contributed by atoms with van der Waals surface area (Å²) >= 11 is 0. The maximum Gasteiger partial charge on any atom is 0.289 e. The van der Waals surface area contributed by atoms with E-state index in [4.69, 9.17) is 4.42 Å². The van der Waals surface area contributed by atoms with Gasteiger partial charge in [0, 0.05) is 45.7 Å². The van der Waals surface area contributed by atoms with E-state index in [1.807, 2.05) is 37.3 Å². The SMILES string of the molecule is CCNC(=NCCC(=O)NCc1ccccc1)N1CCN(C(=O)c2ccco2)CC1.